The third-order valence-corrected chi connectivity index (χ3v) is 3.17. The lowest BCUT2D eigenvalue weighted by Gasteiger charge is -2.10. The predicted molar refractivity (Wildman–Crippen MR) is 89.2 cm³/mol. The summed E-state index contributed by atoms with van der Waals surface area (Å²) in [5.41, 5.74) is 1.63. The molecule has 7 heteroatoms. The van der Waals surface area contributed by atoms with Crippen LogP contribution in [0.2, 0.25) is 0 Å². The molecule has 0 aliphatic rings. The number of non-ortho nitro benzene ring substituents is 1. The molecular weight excluding hydrogens is 302 g/mol. The first-order valence-electron chi connectivity index (χ1n) is 6.51. The van der Waals surface area contributed by atoms with Crippen LogP contribution in [0.4, 0.5) is 11.4 Å². The van der Waals surface area contributed by atoms with E-state index in [0.717, 1.165) is 11.3 Å². The normalized spacial score (nSPS) is 9.86. The first-order valence-corrected chi connectivity index (χ1v) is 6.91. The minimum absolute atomic E-state index is 0.0166. The van der Waals surface area contributed by atoms with Gasteiger partial charge in [0.15, 0.2) is 5.11 Å². The van der Waals surface area contributed by atoms with Gasteiger partial charge in [-0.3, -0.25) is 10.1 Å². The topological polar surface area (TPSA) is 76.4 Å². The Bertz CT molecular complexity index is 674. The zero-order chi connectivity index (χ0) is 15.9. The van der Waals surface area contributed by atoms with Gasteiger partial charge in [-0.1, -0.05) is 18.2 Å². The second-order valence-corrected chi connectivity index (χ2v) is 4.87. The van der Waals surface area contributed by atoms with E-state index in [9.17, 15) is 10.1 Å². The molecule has 0 spiro atoms. The Labute approximate surface area is 133 Å². The number of hydrogen-bond acceptors (Lipinski definition) is 4. The molecule has 0 aliphatic heterocycles. The first kappa shape index (κ1) is 15.7. The van der Waals surface area contributed by atoms with Gasteiger partial charge in [0, 0.05) is 24.4 Å². The largest absolute Gasteiger partial charge is 0.497 e. The van der Waals surface area contributed by atoms with Crippen LogP contribution in [0.5, 0.6) is 5.75 Å². The maximum absolute atomic E-state index is 10.7. The van der Waals surface area contributed by atoms with Gasteiger partial charge in [-0.25, -0.2) is 0 Å². The third kappa shape index (κ3) is 4.42. The number of nitro benzene ring substituents is 1. The summed E-state index contributed by atoms with van der Waals surface area (Å²) in [6, 6.07) is 13.8. The van der Waals surface area contributed by atoms with Crippen LogP contribution in [0.15, 0.2) is 48.5 Å². The minimum atomic E-state index is -0.445. The van der Waals surface area contributed by atoms with Gasteiger partial charge in [-0.15, -0.1) is 0 Å². The van der Waals surface area contributed by atoms with E-state index in [-0.39, 0.29) is 5.69 Å². The van der Waals surface area contributed by atoms with Crippen LogP contribution in [0.3, 0.4) is 0 Å². The quantitative estimate of drug-likeness (QED) is 0.501. The van der Waals surface area contributed by atoms with Gasteiger partial charge in [0.2, 0.25) is 0 Å². The highest BCUT2D eigenvalue weighted by Crippen LogP contribution is 2.17. The summed E-state index contributed by atoms with van der Waals surface area (Å²) in [4.78, 5) is 10.3. The third-order valence-electron chi connectivity index (χ3n) is 2.93. The van der Waals surface area contributed by atoms with Crippen molar-refractivity contribution in [3.63, 3.8) is 0 Å². The highest BCUT2D eigenvalue weighted by atomic mass is 32.1. The number of ether oxygens (including phenoxy) is 1. The molecule has 0 heterocycles. The summed E-state index contributed by atoms with van der Waals surface area (Å²) in [6.45, 7) is 0.546. The summed E-state index contributed by atoms with van der Waals surface area (Å²) in [5, 5.41) is 17.1. The van der Waals surface area contributed by atoms with Crippen molar-refractivity contribution in [2.75, 3.05) is 12.4 Å². The number of benzene rings is 2. The van der Waals surface area contributed by atoms with E-state index in [0.29, 0.717) is 17.3 Å². The Morgan fingerprint density at radius 1 is 1.27 bits per heavy atom. The van der Waals surface area contributed by atoms with E-state index in [1.807, 2.05) is 24.3 Å². The molecule has 114 valence electrons. The number of thiocarbonyl (C=S) groups is 1. The van der Waals surface area contributed by atoms with E-state index in [4.69, 9.17) is 17.0 Å². The number of anilines is 1. The van der Waals surface area contributed by atoms with Gasteiger partial charge in [0.1, 0.15) is 5.75 Å². The average Bonchev–Trinajstić information content (AvgIpc) is 2.53. The van der Waals surface area contributed by atoms with Crippen molar-refractivity contribution < 1.29 is 9.66 Å². The van der Waals surface area contributed by atoms with Crippen molar-refractivity contribution in [1.82, 2.24) is 5.32 Å². The Morgan fingerprint density at radius 3 is 2.64 bits per heavy atom. The van der Waals surface area contributed by atoms with Crippen LogP contribution in [0.25, 0.3) is 0 Å². The second-order valence-electron chi connectivity index (χ2n) is 4.46. The van der Waals surface area contributed by atoms with Crippen molar-refractivity contribution in [3.8, 4) is 5.75 Å². The number of nitrogens with one attached hydrogen (secondary N) is 2. The van der Waals surface area contributed by atoms with Crippen molar-refractivity contribution >= 4 is 28.7 Å². The highest BCUT2D eigenvalue weighted by molar-refractivity contribution is 7.80. The highest BCUT2D eigenvalue weighted by Gasteiger charge is 2.06. The van der Waals surface area contributed by atoms with E-state index in [2.05, 4.69) is 10.6 Å². The van der Waals surface area contributed by atoms with E-state index < -0.39 is 4.92 Å². The van der Waals surface area contributed by atoms with Crippen LogP contribution < -0.4 is 15.4 Å². The Balaban J connectivity index is 1.89. The van der Waals surface area contributed by atoms with E-state index in [1.165, 1.54) is 12.1 Å². The molecule has 2 aromatic rings. The lowest BCUT2D eigenvalue weighted by atomic mass is 10.2. The van der Waals surface area contributed by atoms with E-state index >= 15 is 0 Å². The molecule has 0 amide bonds. The monoisotopic (exact) mass is 317 g/mol. The zero-order valence-corrected chi connectivity index (χ0v) is 12.7. The zero-order valence-electron chi connectivity index (χ0n) is 11.9. The standard InChI is InChI=1S/C15H15N3O3S/c1-21-14-7-5-11(6-8-14)10-16-15(22)17-12-3-2-4-13(9-12)18(19)20/h2-9H,10H2,1H3,(H2,16,17,22). The predicted octanol–water partition coefficient (Wildman–Crippen LogP) is 3.09. The molecule has 0 saturated carbocycles. The Hall–Kier alpha value is -2.67. The van der Waals surface area contributed by atoms with E-state index in [1.54, 1.807) is 19.2 Å². The Morgan fingerprint density at radius 2 is 2.00 bits per heavy atom. The average molecular weight is 317 g/mol. The number of hydrogen-bond donors (Lipinski definition) is 2. The maximum Gasteiger partial charge on any atom is 0.271 e. The number of rotatable bonds is 5. The van der Waals surface area contributed by atoms with Gasteiger partial charge in [-0.2, -0.15) is 0 Å². The molecule has 0 atom stereocenters. The van der Waals surface area contributed by atoms with Gasteiger partial charge in [0.05, 0.1) is 12.0 Å². The van der Waals surface area contributed by atoms with Gasteiger partial charge in [-0.05, 0) is 36.0 Å². The van der Waals surface area contributed by atoms with Crippen molar-refractivity contribution in [1.29, 1.82) is 0 Å². The van der Waals surface area contributed by atoms with Crippen LogP contribution >= 0.6 is 12.2 Å². The van der Waals surface area contributed by atoms with Gasteiger partial charge in [0.25, 0.3) is 5.69 Å². The Kier molecular flexibility index (Phi) is 5.26. The molecule has 2 aromatic carbocycles. The molecule has 2 N–H and O–H groups in total. The van der Waals surface area contributed by atoms with Crippen LogP contribution in [0, 0.1) is 10.1 Å². The molecule has 2 rings (SSSR count). The summed E-state index contributed by atoms with van der Waals surface area (Å²) >= 11 is 5.18. The lowest BCUT2D eigenvalue weighted by molar-refractivity contribution is -0.384. The van der Waals surface area contributed by atoms with Crippen LogP contribution in [-0.2, 0) is 6.54 Å². The van der Waals surface area contributed by atoms with Crippen LogP contribution in [-0.4, -0.2) is 17.1 Å². The fraction of sp³-hybridized carbons (Fsp3) is 0.133. The first-order chi connectivity index (χ1) is 10.6. The van der Waals surface area contributed by atoms with Gasteiger partial charge < -0.3 is 15.4 Å². The molecule has 0 fully saturated rings. The molecule has 6 nitrogen and oxygen atoms in total. The summed E-state index contributed by atoms with van der Waals surface area (Å²) in [5.74, 6) is 0.793. The SMILES string of the molecule is COc1ccc(CNC(=S)Nc2cccc([N+](=O)[O-])c2)cc1. The molecule has 0 aromatic heterocycles. The molecule has 0 radical (unpaired) electrons. The molecule has 0 bridgehead atoms. The molecule has 0 unspecified atom stereocenters. The number of nitrogens with zero attached hydrogens (tertiary/aromatic N) is 1. The van der Waals surface area contributed by atoms with Crippen LogP contribution in [0.1, 0.15) is 5.56 Å². The lowest BCUT2D eigenvalue weighted by Crippen LogP contribution is -2.27. The van der Waals surface area contributed by atoms with Gasteiger partial charge >= 0.3 is 0 Å². The smallest absolute Gasteiger partial charge is 0.271 e. The summed E-state index contributed by atoms with van der Waals surface area (Å²) in [6.07, 6.45) is 0. The fourth-order valence-corrected chi connectivity index (χ4v) is 1.99. The maximum atomic E-state index is 10.7. The molecular formula is C15H15N3O3S. The summed E-state index contributed by atoms with van der Waals surface area (Å²) < 4.78 is 5.09. The fourth-order valence-electron chi connectivity index (χ4n) is 1.80. The molecule has 0 saturated heterocycles. The second kappa shape index (κ2) is 7.37. The summed E-state index contributed by atoms with van der Waals surface area (Å²) in [7, 11) is 1.62. The van der Waals surface area contributed by atoms with Crippen molar-refractivity contribution in [2.45, 2.75) is 6.54 Å². The number of methoxy groups -OCH3 is 1. The number of nitro groups is 1. The molecule has 22 heavy (non-hydrogen) atoms. The van der Waals surface area contributed by atoms with Crippen molar-refractivity contribution in [2.24, 2.45) is 0 Å². The molecule has 0 aliphatic carbocycles. The minimum Gasteiger partial charge on any atom is -0.497 e. The van der Waals surface area contributed by atoms with Crippen molar-refractivity contribution in [3.05, 3.63) is 64.2 Å².